The molecule has 0 aromatic carbocycles. The first-order valence-electron chi connectivity index (χ1n) is 5.31. The second-order valence-electron chi connectivity index (χ2n) is 4.43. The highest BCUT2D eigenvalue weighted by Gasteiger charge is 2.16. The average molecular weight is 219 g/mol. The smallest absolute Gasteiger partial charge is 0.0467 e. The number of methoxy groups -OCH3 is 1. The lowest BCUT2D eigenvalue weighted by molar-refractivity contribution is 0.151. The van der Waals surface area contributed by atoms with Gasteiger partial charge in [-0.05, 0) is 36.8 Å². The largest absolute Gasteiger partial charge is 0.385 e. The van der Waals surface area contributed by atoms with Crippen LogP contribution in [0.1, 0.15) is 26.7 Å². The van der Waals surface area contributed by atoms with Gasteiger partial charge in [0.1, 0.15) is 0 Å². The SMILES string of the molecule is COCCC(C)(C)CNCCCSC. The molecule has 2 nitrogen and oxygen atoms in total. The minimum Gasteiger partial charge on any atom is -0.385 e. The maximum Gasteiger partial charge on any atom is 0.0467 e. The molecule has 1 N–H and O–H groups in total. The number of rotatable bonds is 9. The molecule has 0 unspecified atom stereocenters. The van der Waals surface area contributed by atoms with Gasteiger partial charge in [-0.1, -0.05) is 13.8 Å². The van der Waals surface area contributed by atoms with Gasteiger partial charge in [0.05, 0.1) is 0 Å². The lowest BCUT2D eigenvalue weighted by atomic mass is 9.90. The van der Waals surface area contributed by atoms with Gasteiger partial charge in [-0.25, -0.2) is 0 Å². The van der Waals surface area contributed by atoms with Crippen LogP contribution in [0.5, 0.6) is 0 Å². The minimum atomic E-state index is 0.357. The van der Waals surface area contributed by atoms with E-state index in [1.165, 1.54) is 12.2 Å². The van der Waals surface area contributed by atoms with Crippen molar-refractivity contribution in [3.05, 3.63) is 0 Å². The third-order valence-electron chi connectivity index (χ3n) is 2.29. The second-order valence-corrected chi connectivity index (χ2v) is 5.42. The Labute approximate surface area is 93.2 Å². The van der Waals surface area contributed by atoms with Crippen molar-refractivity contribution in [2.24, 2.45) is 5.41 Å². The van der Waals surface area contributed by atoms with E-state index in [0.29, 0.717) is 5.41 Å². The fraction of sp³-hybridized carbons (Fsp3) is 1.00. The molecule has 0 aromatic heterocycles. The maximum atomic E-state index is 5.09. The van der Waals surface area contributed by atoms with E-state index in [0.717, 1.165) is 26.1 Å². The molecule has 0 bridgehead atoms. The van der Waals surface area contributed by atoms with Gasteiger partial charge in [-0.3, -0.25) is 0 Å². The van der Waals surface area contributed by atoms with Gasteiger partial charge in [0.2, 0.25) is 0 Å². The Hall–Kier alpha value is 0.270. The predicted molar refractivity (Wildman–Crippen MR) is 66.1 cm³/mol. The van der Waals surface area contributed by atoms with Gasteiger partial charge in [0.25, 0.3) is 0 Å². The summed E-state index contributed by atoms with van der Waals surface area (Å²) in [7, 11) is 1.77. The van der Waals surface area contributed by atoms with Gasteiger partial charge >= 0.3 is 0 Å². The molecule has 0 aliphatic heterocycles. The van der Waals surface area contributed by atoms with Gasteiger partial charge in [-0.2, -0.15) is 11.8 Å². The molecule has 0 aliphatic rings. The summed E-state index contributed by atoms with van der Waals surface area (Å²) in [6.07, 6.45) is 4.54. The van der Waals surface area contributed by atoms with E-state index < -0.39 is 0 Å². The maximum absolute atomic E-state index is 5.09. The number of hydrogen-bond donors (Lipinski definition) is 1. The van der Waals surface area contributed by atoms with Gasteiger partial charge < -0.3 is 10.1 Å². The Morgan fingerprint density at radius 1 is 1.36 bits per heavy atom. The van der Waals surface area contributed by atoms with E-state index in [9.17, 15) is 0 Å². The quantitative estimate of drug-likeness (QED) is 0.602. The predicted octanol–water partition coefficient (Wildman–Crippen LogP) is 2.39. The number of ether oxygens (including phenoxy) is 1. The highest BCUT2D eigenvalue weighted by molar-refractivity contribution is 7.98. The van der Waals surface area contributed by atoms with Crippen LogP contribution in [0.25, 0.3) is 0 Å². The first-order chi connectivity index (χ1) is 6.62. The monoisotopic (exact) mass is 219 g/mol. The minimum absolute atomic E-state index is 0.357. The van der Waals surface area contributed by atoms with Crippen LogP contribution in [-0.4, -0.2) is 38.8 Å². The van der Waals surface area contributed by atoms with Crippen LogP contribution in [-0.2, 0) is 4.74 Å². The van der Waals surface area contributed by atoms with Crippen molar-refractivity contribution in [2.45, 2.75) is 26.7 Å². The zero-order valence-electron chi connectivity index (χ0n) is 10.1. The molecule has 0 saturated heterocycles. The molecule has 0 atom stereocenters. The first-order valence-corrected chi connectivity index (χ1v) is 6.70. The summed E-state index contributed by atoms with van der Waals surface area (Å²) in [5.74, 6) is 1.26. The van der Waals surface area contributed by atoms with Crippen LogP contribution < -0.4 is 5.32 Å². The molecule has 0 radical (unpaired) electrons. The molecule has 0 aliphatic carbocycles. The molecule has 0 saturated carbocycles. The van der Waals surface area contributed by atoms with E-state index in [-0.39, 0.29) is 0 Å². The highest BCUT2D eigenvalue weighted by atomic mass is 32.2. The molecule has 0 spiro atoms. The molecule has 0 rings (SSSR count). The summed E-state index contributed by atoms with van der Waals surface area (Å²) in [4.78, 5) is 0. The zero-order valence-corrected chi connectivity index (χ0v) is 10.9. The van der Waals surface area contributed by atoms with Crippen molar-refractivity contribution in [1.29, 1.82) is 0 Å². The standard InChI is InChI=1S/C11H25NOS/c1-11(2,6-8-13-3)10-12-7-5-9-14-4/h12H,5-10H2,1-4H3. The van der Waals surface area contributed by atoms with Crippen LogP contribution in [0.15, 0.2) is 0 Å². The summed E-state index contributed by atoms with van der Waals surface area (Å²) >= 11 is 1.91. The van der Waals surface area contributed by atoms with Gasteiger partial charge in [0, 0.05) is 20.3 Å². The van der Waals surface area contributed by atoms with E-state index in [1.54, 1.807) is 7.11 Å². The second kappa shape index (κ2) is 8.57. The number of nitrogens with one attached hydrogen (secondary N) is 1. The van der Waals surface area contributed by atoms with Crippen molar-refractivity contribution >= 4 is 11.8 Å². The summed E-state index contributed by atoms with van der Waals surface area (Å²) in [5.41, 5.74) is 0.357. The summed E-state index contributed by atoms with van der Waals surface area (Å²) < 4.78 is 5.09. The number of thioether (sulfide) groups is 1. The highest BCUT2D eigenvalue weighted by Crippen LogP contribution is 2.18. The van der Waals surface area contributed by atoms with E-state index in [2.05, 4.69) is 25.4 Å². The van der Waals surface area contributed by atoms with Crippen molar-refractivity contribution in [2.75, 3.05) is 38.8 Å². The van der Waals surface area contributed by atoms with Crippen molar-refractivity contribution in [1.82, 2.24) is 5.32 Å². The van der Waals surface area contributed by atoms with Crippen LogP contribution in [0.2, 0.25) is 0 Å². The molecule has 0 heterocycles. The van der Waals surface area contributed by atoms with Crippen molar-refractivity contribution < 1.29 is 4.74 Å². The lowest BCUT2D eigenvalue weighted by Crippen LogP contribution is -2.31. The Morgan fingerprint density at radius 2 is 2.07 bits per heavy atom. The summed E-state index contributed by atoms with van der Waals surface area (Å²) in [6, 6.07) is 0. The van der Waals surface area contributed by atoms with Crippen LogP contribution in [0.3, 0.4) is 0 Å². The van der Waals surface area contributed by atoms with Gasteiger partial charge in [-0.15, -0.1) is 0 Å². The first kappa shape index (κ1) is 14.3. The number of hydrogen-bond acceptors (Lipinski definition) is 3. The molecule has 14 heavy (non-hydrogen) atoms. The molecular weight excluding hydrogens is 194 g/mol. The van der Waals surface area contributed by atoms with E-state index >= 15 is 0 Å². The summed E-state index contributed by atoms with van der Waals surface area (Å²) in [6.45, 7) is 7.66. The van der Waals surface area contributed by atoms with E-state index in [4.69, 9.17) is 4.74 Å². The zero-order chi connectivity index (χ0) is 10.9. The Bertz CT molecular complexity index is 128. The van der Waals surface area contributed by atoms with Crippen molar-refractivity contribution in [3.8, 4) is 0 Å². The average Bonchev–Trinajstić information content (AvgIpc) is 2.15. The Kier molecular flexibility index (Phi) is 8.73. The third-order valence-corrected chi connectivity index (χ3v) is 2.99. The van der Waals surface area contributed by atoms with Crippen LogP contribution in [0.4, 0.5) is 0 Å². The van der Waals surface area contributed by atoms with Crippen molar-refractivity contribution in [3.63, 3.8) is 0 Å². The van der Waals surface area contributed by atoms with Crippen LogP contribution >= 0.6 is 11.8 Å². The molecule has 86 valence electrons. The topological polar surface area (TPSA) is 21.3 Å². The molecule has 0 aromatic rings. The van der Waals surface area contributed by atoms with E-state index in [1.807, 2.05) is 11.8 Å². The normalized spacial score (nSPS) is 12.0. The third kappa shape index (κ3) is 8.85. The molecule has 0 amide bonds. The van der Waals surface area contributed by atoms with Gasteiger partial charge in [0.15, 0.2) is 0 Å². The lowest BCUT2D eigenvalue weighted by Gasteiger charge is -2.24. The Balaban J connectivity index is 3.35. The Morgan fingerprint density at radius 3 is 2.64 bits per heavy atom. The summed E-state index contributed by atoms with van der Waals surface area (Å²) in [5, 5.41) is 3.50. The fourth-order valence-corrected chi connectivity index (χ4v) is 1.67. The molecule has 3 heteroatoms. The molecule has 0 fully saturated rings. The fourth-order valence-electron chi connectivity index (χ4n) is 1.24. The molecular formula is C11H25NOS. The van der Waals surface area contributed by atoms with Crippen LogP contribution in [0, 0.1) is 5.41 Å².